The first-order valence-corrected chi connectivity index (χ1v) is 7.09. The first-order valence-electron chi connectivity index (χ1n) is 6.71. The fraction of sp³-hybridized carbons (Fsp3) is 0.0588. The molecule has 4 nitrogen and oxygen atoms in total. The number of ether oxygens (including phenoxy) is 1. The van der Waals surface area contributed by atoms with Crippen LogP contribution in [-0.2, 0) is 0 Å². The van der Waals surface area contributed by atoms with Gasteiger partial charge in [0.05, 0.1) is 18.5 Å². The largest absolute Gasteiger partial charge is 0.496 e. The summed E-state index contributed by atoms with van der Waals surface area (Å²) in [5.74, 6) is 0.941. The van der Waals surface area contributed by atoms with Crippen LogP contribution in [0.5, 0.6) is 5.75 Å². The van der Waals surface area contributed by atoms with Crippen molar-refractivity contribution in [3.63, 3.8) is 0 Å². The summed E-state index contributed by atoms with van der Waals surface area (Å²) in [5.41, 5.74) is 9.04. The summed E-state index contributed by atoms with van der Waals surface area (Å²) in [6.45, 7) is 0. The number of nitrogen functional groups attached to an aromatic ring is 1. The molecule has 1 aromatic heterocycles. The second-order valence-electron chi connectivity index (χ2n) is 4.71. The monoisotopic (exact) mass is 311 g/mol. The molecule has 22 heavy (non-hydrogen) atoms. The smallest absolute Gasteiger partial charge is 0.221 e. The molecule has 5 heteroatoms. The number of halogens is 1. The predicted molar refractivity (Wildman–Crippen MR) is 88.9 cm³/mol. The number of aromatic nitrogens is 2. The Morgan fingerprint density at radius 2 is 1.73 bits per heavy atom. The fourth-order valence-electron chi connectivity index (χ4n) is 2.26. The second-order valence-corrected chi connectivity index (χ2v) is 5.14. The number of para-hydroxylation sites is 1. The lowest BCUT2D eigenvalue weighted by atomic mass is 10.1. The van der Waals surface area contributed by atoms with E-state index in [1.807, 2.05) is 54.6 Å². The van der Waals surface area contributed by atoms with Crippen molar-refractivity contribution in [3.8, 4) is 28.3 Å². The Kier molecular flexibility index (Phi) is 3.94. The van der Waals surface area contributed by atoms with Gasteiger partial charge in [-0.15, -0.1) is 0 Å². The third-order valence-electron chi connectivity index (χ3n) is 3.25. The van der Waals surface area contributed by atoms with Crippen molar-refractivity contribution in [2.45, 2.75) is 0 Å². The first-order chi connectivity index (χ1) is 10.7. The van der Waals surface area contributed by atoms with E-state index in [0.717, 1.165) is 22.6 Å². The molecule has 0 aliphatic carbocycles. The van der Waals surface area contributed by atoms with Gasteiger partial charge in [0.1, 0.15) is 5.75 Å². The molecule has 0 aliphatic rings. The Labute approximate surface area is 133 Å². The van der Waals surface area contributed by atoms with E-state index in [1.165, 1.54) is 0 Å². The minimum Gasteiger partial charge on any atom is -0.496 e. The quantitative estimate of drug-likeness (QED) is 0.792. The lowest BCUT2D eigenvalue weighted by Crippen LogP contribution is -1.99. The topological polar surface area (TPSA) is 61.0 Å². The van der Waals surface area contributed by atoms with Crippen molar-refractivity contribution < 1.29 is 4.74 Å². The molecule has 0 spiro atoms. The summed E-state index contributed by atoms with van der Waals surface area (Å²) in [4.78, 5) is 8.61. The zero-order valence-electron chi connectivity index (χ0n) is 12.0. The maximum Gasteiger partial charge on any atom is 0.221 e. The number of hydrogen-bond donors (Lipinski definition) is 1. The zero-order valence-corrected chi connectivity index (χ0v) is 12.7. The van der Waals surface area contributed by atoms with E-state index < -0.39 is 0 Å². The van der Waals surface area contributed by atoms with Crippen LogP contribution in [0.15, 0.2) is 54.6 Å². The van der Waals surface area contributed by atoms with E-state index in [-0.39, 0.29) is 5.95 Å². The number of hydrogen-bond acceptors (Lipinski definition) is 4. The average Bonchev–Trinajstić information content (AvgIpc) is 2.54. The molecule has 0 aliphatic heterocycles. The van der Waals surface area contributed by atoms with E-state index in [1.54, 1.807) is 7.11 Å². The van der Waals surface area contributed by atoms with Crippen LogP contribution in [0.25, 0.3) is 22.5 Å². The number of nitrogens with zero attached hydrogens (tertiary/aromatic N) is 2. The van der Waals surface area contributed by atoms with Crippen molar-refractivity contribution in [1.82, 2.24) is 9.97 Å². The molecule has 0 bridgehead atoms. The summed E-state index contributed by atoms with van der Waals surface area (Å²) >= 11 is 6.04. The van der Waals surface area contributed by atoms with Crippen LogP contribution in [0.1, 0.15) is 0 Å². The highest BCUT2D eigenvalue weighted by atomic mass is 35.5. The van der Waals surface area contributed by atoms with Gasteiger partial charge < -0.3 is 10.5 Å². The third kappa shape index (κ3) is 2.87. The minimum atomic E-state index is 0.207. The minimum absolute atomic E-state index is 0.207. The number of benzene rings is 2. The van der Waals surface area contributed by atoms with Crippen molar-refractivity contribution in [2.24, 2.45) is 0 Å². The van der Waals surface area contributed by atoms with Crippen LogP contribution in [-0.4, -0.2) is 17.1 Å². The summed E-state index contributed by atoms with van der Waals surface area (Å²) in [6, 6.07) is 17.0. The lowest BCUT2D eigenvalue weighted by molar-refractivity contribution is 0.416. The predicted octanol–water partition coefficient (Wildman–Crippen LogP) is 4.05. The Morgan fingerprint density at radius 1 is 0.955 bits per heavy atom. The molecule has 2 aromatic carbocycles. The maximum absolute atomic E-state index is 6.04. The molecule has 0 atom stereocenters. The number of nitrogens with two attached hydrogens (primary N) is 1. The molecule has 110 valence electrons. The highest BCUT2D eigenvalue weighted by Crippen LogP contribution is 2.31. The van der Waals surface area contributed by atoms with E-state index in [4.69, 9.17) is 22.1 Å². The van der Waals surface area contributed by atoms with Gasteiger partial charge in [-0.05, 0) is 30.3 Å². The highest BCUT2D eigenvalue weighted by molar-refractivity contribution is 6.30. The molecule has 0 fully saturated rings. The Morgan fingerprint density at radius 3 is 2.50 bits per heavy atom. The molecule has 3 aromatic rings. The van der Waals surface area contributed by atoms with E-state index in [2.05, 4.69) is 9.97 Å². The lowest BCUT2D eigenvalue weighted by Gasteiger charge is -2.10. The van der Waals surface area contributed by atoms with E-state index >= 15 is 0 Å². The van der Waals surface area contributed by atoms with Crippen LogP contribution in [0.4, 0.5) is 5.95 Å². The zero-order chi connectivity index (χ0) is 15.5. The second kappa shape index (κ2) is 6.03. The van der Waals surface area contributed by atoms with Gasteiger partial charge in [0.2, 0.25) is 5.95 Å². The standard InChI is InChI=1S/C17H14ClN3O/c1-22-16-8-3-2-7-13(16)15-10-14(20-17(19)21-15)11-5-4-6-12(18)9-11/h2-10H,1H3,(H2,19,20,21). The highest BCUT2D eigenvalue weighted by Gasteiger charge is 2.11. The summed E-state index contributed by atoms with van der Waals surface area (Å²) < 4.78 is 5.38. The van der Waals surface area contributed by atoms with Crippen LogP contribution in [0.3, 0.4) is 0 Å². The van der Waals surface area contributed by atoms with Crippen molar-refractivity contribution in [3.05, 3.63) is 59.6 Å². The van der Waals surface area contributed by atoms with Gasteiger partial charge in [0, 0.05) is 16.1 Å². The molecule has 1 heterocycles. The van der Waals surface area contributed by atoms with Crippen molar-refractivity contribution >= 4 is 17.5 Å². The first kappa shape index (κ1) is 14.4. The molecular weight excluding hydrogens is 298 g/mol. The average molecular weight is 312 g/mol. The Balaban J connectivity index is 2.15. The molecule has 3 rings (SSSR count). The summed E-state index contributed by atoms with van der Waals surface area (Å²) in [7, 11) is 1.63. The van der Waals surface area contributed by atoms with Crippen LogP contribution >= 0.6 is 11.6 Å². The normalized spacial score (nSPS) is 10.5. The van der Waals surface area contributed by atoms with Gasteiger partial charge in [-0.25, -0.2) is 9.97 Å². The van der Waals surface area contributed by atoms with Crippen molar-refractivity contribution in [2.75, 3.05) is 12.8 Å². The van der Waals surface area contributed by atoms with Gasteiger partial charge in [-0.1, -0.05) is 35.9 Å². The number of anilines is 1. The van der Waals surface area contributed by atoms with Gasteiger partial charge in [-0.3, -0.25) is 0 Å². The molecule has 2 N–H and O–H groups in total. The van der Waals surface area contributed by atoms with Crippen molar-refractivity contribution in [1.29, 1.82) is 0 Å². The van der Waals surface area contributed by atoms with Gasteiger partial charge >= 0.3 is 0 Å². The fourth-order valence-corrected chi connectivity index (χ4v) is 2.45. The Hall–Kier alpha value is -2.59. The number of rotatable bonds is 3. The molecule has 0 unspecified atom stereocenters. The van der Waals surface area contributed by atoms with E-state index in [0.29, 0.717) is 10.7 Å². The van der Waals surface area contributed by atoms with Gasteiger partial charge in [0.25, 0.3) is 0 Å². The third-order valence-corrected chi connectivity index (χ3v) is 3.48. The molecule has 0 radical (unpaired) electrons. The molecule has 0 amide bonds. The Bertz CT molecular complexity index is 821. The van der Waals surface area contributed by atoms with Crippen LogP contribution < -0.4 is 10.5 Å². The molecule has 0 saturated carbocycles. The van der Waals surface area contributed by atoms with Crippen LogP contribution in [0.2, 0.25) is 5.02 Å². The van der Waals surface area contributed by atoms with E-state index in [9.17, 15) is 0 Å². The molecular formula is C17H14ClN3O. The summed E-state index contributed by atoms with van der Waals surface area (Å²) in [6.07, 6.45) is 0. The molecule has 0 saturated heterocycles. The van der Waals surface area contributed by atoms with Gasteiger partial charge in [0.15, 0.2) is 0 Å². The SMILES string of the molecule is COc1ccccc1-c1cc(-c2cccc(Cl)c2)nc(N)n1. The van der Waals surface area contributed by atoms with Gasteiger partial charge in [-0.2, -0.15) is 0 Å². The number of methoxy groups -OCH3 is 1. The summed E-state index contributed by atoms with van der Waals surface area (Å²) in [5, 5.41) is 0.647. The van der Waals surface area contributed by atoms with Crippen LogP contribution in [0, 0.1) is 0 Å². The maximum atomic E-state index is 6.04.